The molecule has 0 amide bonds. The zero-order valence-electron chi connectivity index (χ0n) is 10.4. The zero-order valence-corrected chi connectivity index (χ0v) is 11.9. The van der Waals surface area contributed by atoms with Gasteiger partial charge in [-0.05, 0) is 30.7 Å². The molecule has 18 heavy (non-hydrogen) atoms. The van der Waals surface area contributed by atoms with E-state index in [4.69, 9.17) is 33.7 Å². The highest BCUT2D eigenvalue weighted by Crippen LogP contribution is 2.24. The fourth-order valence-electron chi connectivity index (χ4n) is 2.12. The van der Waals surface area contributed by atoms with Gasteiger partial charge < -0.3 is 10.5 Å². The Bertz CT molecular complexity index is 414. The van der Waals surface area contributed by atoms with Crippen molar-refractivity contribution in [3.8, 4) is 0 Å². The summed E-state index contributed by atoms with van der Waals surface area (Å²) in [7, 11) is 0. The van der Waals surface area contributed by atoms with Gasteiger partial charge in [0.2, 0.25) is 0 Å². The SMILES string of the molecule is C[C@@H]1CO[C@H](CN)CN1Cc1cc(Cl)ccc1Cl. The summed E-state index contributed by atoms with van der Waals surface area (Å²) in [5, 5.41) is 1.47. The van der Waals surface area contributed by atoms with Crippen LogP contribution in [0.3, 0.4) is 0 Å². The van der Waals surface area contributed by atoms with Gasteiger partial charge in [-0.3, -0.25) is 4.90 Å². The van der Waals surface area contributed by atoms with Crippen molar-refractivity contribution in [1.29, 1.82) is 0 Å². The van der Waals surface area contributed by atoms with Crippen molar-refractivity contribution in [3.63, 3.8) is 0 Å². The van der Waals surface area contributed by atoms with E-state index >= 15 is 0 Å². The summed E-state index contributed by atoms with van der Waals surface area (Å²) in [5.41, 5.74) is 6.71. The first kappa shape index (κ1) is 14.1. The van der Waals surface area contributed by atoms with Crippen LogP contribution in [-0.2, 0) is 11.3 Å². The van der Waals surface area contributed by atoms with Crippen molar-refractivity contribution in [3.05, 3.63) is 33.8 Å². The molecule has 1 saturated heterocycles. The van der Waals surface area contributed by atoms with Crippen LogP contribution in [0.1, 0.15) is 12.5 Å². The van der Waals surface area contributed by atoms with E-state index in [0.29, 0.717) is 24.2 Å². The van der Waals surface area contributed by atoms with Gasteiger partial charge in [-0.2, -0.15) is 0 Å². The molecule has 1 aliphatic rings. The molecule has 1 heterocycles. The number of hydrogen-bond acceptors (Lipinski definition) is 3. The number of halogens is 2. The Hall–Kier alpha value is -0.320. The molecule has 1 aromatic rings. The van der Waals surface area contributed by atoms with Gasteiger partial charge in [-0.15, -0.1) is 0 Å². The molecule has 3 nitrogen and oxygen atoms in total. The Kier molecular flexibility index (Phi) is 4.87. The minimum absolute atomic E-state index is 0.110. The van der Waals surface area contributed by atoms with Gasteiger partial charge in [0.05, 0.1) is 12.7 Å². The topological polar surface area (TPSA) is 38.5 Å². The van der Waals surface area contributed by atoms with E-state index in [1.54, 1.807) is 6.07 Å². The molecular weight excluding hydrogens is 271 g/mol. The second-order valence-electron chi connectivity index (χ2n) is 4.71. The Morgan fingerprint density at radius 3 is 2.94 bits per heavy atom. The van der Waals surface area contributed by atoms with E-state index in [9.17, 15) is 0 Å². The maximum atomic E-state index is 6.19. The average Bonchev–Trinajstić information content (AvgIpc) is 2.36. The lowest BCUT2D eigenvalue weighted by Gasteiger charge is -2.37. The molecule has 0 aliphatic carbocycles. The average molecular weight is 289 g/mol. The number of benzene rings is 1. The van der Waals surface area contributed by atoms with E-state index in [2.05, 4.69) is 11.8 Å². The molecule has 0 unspecified atom stereocenters. The molecule has 5 heteroatoms. The third-order valence-corrected chi connectivity index (χ3v) is 3.88. The molecule has 1 fully saturated rings. The van der Waals surface area contributed by atoms with Crippen molar-refractivity contribution < 1.29 is 4.74 Å². The fourth-order valence-corrected chi connectivity index (χ4v) is 2.49. The number of nitrogens with two attached hydrogens (primary N) is 1. The molecular formula is C13H18Cl2N2O. The van der Waals surface area contributed by atoms with Gasteiger partial charge in [0.1, 0.15) is 0 Å². The Labute approximate surface area is 118 Å². The van der Waals surface area contributed by atoms with Gasteiger partial charge in [-0.1, -0.05) is 23.2 Å². The lowest BCUT2D eigenvalue weighted by Crippen LogP contribution is -2.50. The first-order valence-electron chi connectivity index (χ1n) is 6.09. The number of nitrogens with zero attached hydrogens (tertiary/aromatic N) is 1. The van der Waals surface area contributed by atoms with Crippen LogP contribution in [-0.4, -0.2) is 36.7 Å². The summed E-state index contributed by atoms with van der Waals surface area (Å²) in [6.45, 7) is 5.01. The lowest BCUT2D eigenvalue weighted by atomic mass is 10.1. The monoisotopic (exact) mass is 288 g/mol. The largest absolute Gasteiger partial charge is 0.374 e. The third-order valence-electron chi connectivity index (χ3n) is 3.28. The first-order chi connectivity index (χ1) is 8.60. The predicted molar refractivity (Wildman–Crippen MR) is 75.1 cm³/mol. The van der Waals surface area contributed by atoms with Crippen molar-refractivity contribution in [1.82, 2.24) is 4.90 Å². The second-order valence-corrected chi connectivity index (χ2v) is 5.55. The second kappa shape index (κ2) is 6.22. The van der Waals surface area contributed by atoms with Gasteiger partial charge in [0.25, 0.3) is 0 Å². The molecule has 2 rings (SSSR count). The highest BCUT2D eigenvalue weighted by molar-refractivity contribution is 6.33. The molecule has 0 bridgehead atoms. The summed E-state index contributed by atoms with van der Waals surface area (Å²) in [6.07, 6.45) is 0.110. The molecule has 2 atom stereocenters. The van der Waals surface area contributed by atoms with Crippen molar-refractivity contribution >= 4 is 23.2 Å². The fraction of sp³-hybridized carbons (Fsp3) is 0.538. The molecule has 1 aliphatic heterocycles. The van der Waals surface area contributed by atoms with Crippen LogP contribution in [0.15, 0.2) is 18.2 Å². The summed E-state index contributed by atoms with van der Waals surface area (Å²) in [5.74, 6) is 0. The quantitative estimate of drug-likeness (QED) is 0.929. The predicted octanol–water partition coefficient (Wildman–Crippen LogP) is 2.54. The van der Waals surface area contributed by atoms with Crippen LogP contribution >= 0.6 is 23.2 Å². The number of hydrogen-bond donors (Lipinski definition) is 1. The van der Waals surface area contributed by atoms with E-state index in [0.717, 1.165) is 23.7 Å². The molecule has 0 saturated carbocycles. The van der Waals surface area contributed by atoms with Crippen LogP contribution in [0.2, 0.25) is 10.0 Å². The third kappa shape index (κ3) is 3.37. The van der Waals surface area contributed by atoms with Gasteiger partial charge in [0, 0.05) is 35.7 Å². The molecule has 0 radical (unpaired) electrons. The summed E-state index contributed by atoms with van der Waals surface area (Å²) < 4.78 is 5.64. The standard InChI is InChI=1S/C13H18Cl2N2O/c1-9-8-18-12(5-16)7-17(9)6-10-4-11(14)2-3-13(10)15/h2-4,9,12H,5-8,16H2,1H3/t9-,12-/m1/s1. The van der Waals surface area contributed by atoms with E-state index in [1.807, 2.05) is 12.1 Å². The molecule has 100 valence electrons. The molecule has 0 spiro atoms. The molecule has 0 aromatic heterocycles. The zero-order chi connectivity index (χ0) is 13.1. The Morgan fingerprint density at radius 1 is 1.44 bits per heavy atom. The number of morpholine rings is 1. The van der Waals surface area contributed by atoms with E-state index in [1.165, 1.54) is 0 Å². The van der Waals surface area contributed by atoms with Gasteiger partial charge >= 0.3 is 0 Å². The minimum atomic E-state index is 0.110. The number of rotatable bonds is 3. The molecule has 1 aromatic carbocycles. The van der Waals surface area contributed by atoms with Crippen LogP contribution in [0.25, 0.3) is 0 Å². The maximum Gasteiger partial charge on any atom is 0.0824 e. The summed E-state index contributed by atoms with van der Waals surface area (Å²) in [6, 6.07) is 5.93. The Morgan fingerprint density at radius 2 is 2.22 bits per heavy atom. The summed E-state index contributed by atoms with van der Waals surface area (Å²) >= 11 is 12.2. The minimum Gasteiger partial charge on any atom is -0.374 e. The first-order valence-corrected chi connectivity index (χ1v) is 6.85. The maximum absolute atomic E-state index is 6.19. The Balaban J connectivity index is 2.09. The van der Waals surface area contributed by atoms with E-state index < -0.39 is 0 Å². The van der Waals surface area contributed by atoms with E-state index in [-0.39, 0.29) is 6.10 Å². The van der Waals surface area contributed by atoms with Crippen molar-refractivity contribution in [2.75, 3.05) is 19.7 Å². The molecule has 2 N–H and O–H groups in total. The normalized spacial score (nSPS) is 25.3. The van der Waals surface area contributed by atoms with Crippen molar-refractivity contribution in [2.45, 2.75) is 25.6 Å². The van der Waals surface area contributed by atoms with Crippen molar-refractivity contribution in [2.24, 2.45) is 5.73 Å². The van der Waals surface area contributed by atoms with Crippen LogP contribution in [0.5, 0.6) is 0 Å². The highest BCUT2D eigenvalue weighted by atomic mass is 35.5. The highest BCUT2D eigenvalue weighted by Gasteiger charge is 2.25. The van der Waals surface area contributed by atoms with Crippen LogP contribution in [0, 0.1) is 0 Å². The number of ether oxygens (including phenoxy) is 1. The lowest BCUT2D eigenvalue weighted by molar-refractivity contribution is -0.0567. The van der Waals surface area contributed by atoms with Crippen LogP contribution in [0.4, 0.5) is 0 Å². The summed E-state index contributed by atoms with van der Waals surface area (Å²) in [4.78, 5) is 2.33. The van der Waals surface area contributed by atoms with Gasteiger partial charge in [0.15, 0.2) is 0 Å². The van der Waals surface area contributed by atoms with Crippen LogP contribution < -0.4 is 5.73 Å². The van der Waals surface area contributed by atoms with Gasteiger partial charge in [-0.25, -0.2) is 0 Å². The smallest absolute Gasteiger partial charge is 0.0824 e.